The van der Waals surface area contributed by atoms with Gasteiger partial charge in [-0.25, -0.2) is 0 Å². The Morgan fingerprint density at radius 3 is 1.53 bits per heavy atom. The molecule has 19 heavy (non-hydrogen) atoms. The molecule has 0 aliphatic carbocycles. The molecule has 0 N–H and O–H groups in total. The second-order valence-corrected chi connectivity index (χ2v) is 10.4. The summed E-state index contributed by atoms with van der Waals surface area (Å²) in [7, 11) is 0. The van der Waals surface area contributed by atoms with Gasteiger partial charge in [-0.2, -0.15) is 17.1 Å². The molecule has 0 unspecified atom stereocenters. The van der Waals surface area contributed by atoms with E-state index in [1.165, 1.54) is 51.4 Å². The fraction of sp³-hybridized carbons (Fsp3) is 1.00. The molecule has 0 fully saturated rings. The Balaban J connectivity index is -0.00000128. The van der Waals surface area contributed by atoms with Gasteiger partial charge in [0.1, 0.15) is 0 Å². The van der Waals surface area contributed by atoms with Crippen molar-refractivity contribution in [2.75, 3.05) is 5.75 Å². The summed E-state index contributed by atoms with van der Waals surface area (Å²) in [6.07, 6.45) is 12.8. The van der Waals surface area contributed by atoms with Crippen LogP contribution in [0.4, 0.5) is 0 Å². The number of hydrogen-bond donors (Lipinski definition) is 0. The first kappa shape index (κ1) is 26.8. The molecule has 104 valence electrons. The zero-order valence-corrected chi connectivity index (χ0v) is 19.4. The minimum absolute atomic E-state index is 0. The Hall–Kier alpha value is 2.92. The van der Waals surface area contributed by atoms with Crippen molar-refractivity contribution >= 4 is 28.9 Å². The predicted octanol–water partition coefficient (Wildman–Crippen LogP) is -2.41. The third-order valence-electron chi connectivity index (χ3n) is 2.75. The summed E-state index contributed by atoms with van der Waals surface area (Å²) < 4.78 is 0. The van der Waals surface area contributed by atoms with Crippen LogP contribution in [0.15, 0.2) is 0 Å². The van der Waals surface area contributed by atoms with Gasteiger partial charge in [0.15, 0.2) is 0 Å². The van der Waals surface area contributed by atoms with E-state index in [-0.39, 0.29) is 59.1 Å². The Kier molecular flexibility index (Phi) is 26.8. The van der Waals surface area contributed by atoms with Crippen LogP contribution in [-0.2, 0) is 11.8 Å². The molecule has 0 amide bonds. The van der Waals surface area contributed by atoms with Crippen LogP contribution in [-0.4, -0.2) is 5.75 Å². The first-order valence-electron chi connectivity index (χ1n) is 6.73. The standard InChI is InChI=1S/C12H27O2PS2.2Na/c1-2-3-4-5-6-7-8-9-10-11-12-17-15(13,14)16;;/h2-12H2,1H3,(H2,13,14,16);;/q;2*+1/p-2. The Morgan fingerprint density at radius 2 is 1.16 bits per heavy atom. The summed E-state index contributed by atoms with van der Waals surface area (Å²) in [6, 6.07) is 0. The van der Waals surface area contributed by atoms with Crippen LogP contribution >= 0.6 is 17.1 Å². The number of rotatable bonds is 12. The molecule has 0 aromatic rings. The van der Waals surface area contributed by atoms with E-state index in [2.05, 4.69) is 18.7 Å². The molecule has 0 saturated carbocycles. The van der Waals surface area contributed by atoms with E-state index >= 15 is 0 Å². The van der Waals surface area contributed by atoms with Crippen molar-refractivity contribution in [2.24, 2.45) is 0 Å². The first-order chi connectivity index (χ1) is 8.06. The van der Waals surface area contributed by atoms with Crippen LogP contribution in [0.1, 0.15) is 71.1 Å². The Bertz CT molecular complexity index is 216. The monoisotopic (exact) mass is 342 g/mol. The summed E-state index contributed by atoms with van der Waals surface area (Å²) in [5.74, 6) is 0.667. The second-order valence-electron chi connectivity index (χ2n) is 4.46. The van der Waals surface area contributed by atoms with Crippen LogP contribution in [0.5, 0.6) is 0 Å². The zero-order chi connectivity index (χ0) is 13.0. The summed E-state index contributed by atoms with van der Waals surface area (Å²) in [5, 5.41) is 0. The molecule has 0 spiro atoms. The molecule has 0 heterocycles. The third-order valence-corrected chi connectivity index (χ3v) is 5.98. The van der Waals surface area contributed by atoms with Crippen molar-refractivity contribution in [3.05, 3.63) is 0 Å². The summed E-state index contributed by atoms with van der Waals surface area (Å²) in [6.45, 7) is 2.24. The van der Waals surface area contributed by atoms with Gasteiger partial charge in [-0.05, 0) is 12.2 Å². The van der Waals surface area contributed by atoms with Crippen LogP contribution in [0.2, 0.25) is 0 Å². The zero-order valence-electron chi connectivity index (χ0n) is 12.9. The molecule has 0 radical (unpaired) electrons. The molecular weight excluding hydrogens is 317 g/mol. The number of unbranched alkanes of at least 4 members (excludes halogenated alkanes) is 9. The van der Waals surface area contributed by atoms with Crippen molar-refractivity contribution < 1.29 is 68.9 Å². The summed E-state index contributed by atoms with van der Waals surface area (Å²) in [5.41, 5.74) is -3.49. The van der Waals surface area contributed by atoms with Gasteiger partial charge in [0.2, 0.25) is 0 Å². The fourth-order valence-electron chi connectivity index (χ4n) is 1.77. The molecule has 2 nitrogen and oxygen atoms in total. The van der Waals surface area contributed by atoms with E-state index in [1.807, 2.05) is 0 Å². The first-order valence-corrected chi connectivity index (χ1v) is 11.0. The van der Waals surface area contributed by atoms with Crippen molar-refractivity contribution in [3.8, 4) is 0 Å². The normalized spacial score (nSPS) is 10.7. The molecule has 0 atom stereocenters. The Morgan fingerprint density at radius 1 is 0.789 bits per heavy atom. The second kappa shape index (κ2) is 19.0. The van der Waals surface area contributed by atoms with Crippen molar-refractivity contribution in [1.29, 1.82) is 0 Å². The fourth-order valence-corrected chi connectivity index (χ4v) is 4.05. The molecule has 0 rings (SSSR count). The largest absolute Gasteiger partial charge is 1.00 e. The van der Waals surface area contributed by atoms with Crippen LogP contribution in [0.25, 0.3) is 0 Å². The van der Waals surface area contributed by atoms with Gasteiger partial charge in [-0.1, -0.05) is 64.7 Å². The van der Waals surface area contributed by atoms with Gasteiger partial charge >= 0.3 is 59.1 Å². The predicted molar refractivity (Wildman–Crippen MR) is 78.6 cm³/mol. The van der Waals surface area contributed by atoms with E-state index in [9.17, 15) is 9.79 Å². The van der Waals surface area contributed by atoms with Gasteiger partial charge in [-0.15, -0.1) is 11.8 Å². The molecule has 0 aromatic heterocycles. The van der Waals surface area contributed by atoms with Gasteiger partial charge in [0.25, 0.3) is 0 Å². The maximum Gasteiger partial charge on any atom is 1.00 e. The van der Waals surface area contributed by atoms with Crippen LogP contribution in [0.3, 0.4) is 0 Å². The molecule has 0 saturated heterocycles. The van der Waals surface area contributed by atoms with E-state index in [1.54, 1.807) is 0 Å². The average Bonchev–Trinajstić information content (AvgIpc) is 2.24. The van der Waals surface area contributed by atoms with Crippen LogP contribution < -0.4 is 68.9 Å². The summed E-state index contributed by atoms with van der Waals surface area (Å²) >= 11 is 5.24. The van der Waals surface area contributed by atoms with Crippen molar-refractivity contribution in [2.45, 2.75) is 71.1 Å². The molecule has 0 aromatic carbocycles. The van der Waals surface area contributed by atoms with Gasteiger partial charge < -0.3 is 9.79 Å². The molecule has 0 aliphatic rings. The topological polar surface area (TPSA) is 46.1 Å². The van der Waals surface area contributed by atoms with Gasteiger partial charge in [0, 0.05) is 0 Å². The Labute approximate surface area is 172 Å². The van der Waals surface area contributed by atoms with Gasteiger partial charge in [-0.3, -0.25) is 0 Å². The smallest absolute Gasteiger partial charge is 0.825 e. The minimum Gasteiger partial charge on any atom is -0.825 e. The third kappa shape index (κ3) is 26.2. The SMILES string of the molecule is CCCCCCCCCCCCSP([O-])([O-])=S.[Na+].[Na+]. The molecule has 0 bridgehead atoms. The van der Waals surface area contributed by atoms with Crippen molar-refractivity contribution in [3.63, 3.8) is 0 Å². The quantitative estimate of drug-likeness (QED) is 0.225. The maximum absolute atomic E-state index is 10.7. The molecule has 0 aliphatic heterocycles. The number of hydrogen-bond acceptors (Lipinski definition) is 4. The van der Waals surface area contributed by atoms with E-state index < -0.39 is 5.69 Å². The minimum atomic E-state index is -3.49. The molecular formula is C12H25Na2O2PS2. The van der Waals surface area contributed by atoms with E-state index in [0.29, 0.717) is 5.75 Å². The molecule has 7 heteroatoms. The van der Waals surface area contributed by atoms with Crippen LogP contribution in [0, 0.1) is 0 Å². The maximum atomic E-state index is 10.7. The van der Waals surface area contributed by atoms with E-state index in [0.717, 1.165) is 24.2 Å². The van der Waals surface area contributed by atoms with E-state index in [4.69, 9.17) is 0 Å². The van der Waals surface area contributed by atoms with Crippen molar-refractivity contribution in [1.82, 2.24) is 0 Å². The van der Waals surface area contributed by atoms with Gasteiger partial charge in [0.05, 0.1) is 0 Å². The summed E-state index contributed by atoms with van der Waals surface area (Å²) in [4.78, 5) is 21.4. The average molecular weight is 342 g/mol.